The molecule has 1 aromatic rings. The third-order valence-electron chi connectivity index (χ3n) is 3.10. The fourth-order valence-electron chi connectivity index (χ4n) is 2.04. The van der Waals surface area contributed by atoms with Crippen molar-refractivity contribution >= 4 is 23.5 Å². The number of hydrogen-bond acceptors (Lipinski definition) is 3. The van der Waals surface area contributed by atoms with E-state index in [0.29, 0.717) is 31.0 Å². The molecule has 1 fully saturated rings. The first-order valence-electron chi connectivity index (χ1n) is 5.75. The second kappa shape index (κ2) is 5.39. The van der Waals surface area contributed by atoms with Gasteiger partial charge >= 0.3 is 5.97 Å². The van der Waals surface area contributed by atoms with Crippen LogP contribution in [0.5, 0.6) is 0 Å². The number of carboxylic acid groups (broad SMARTS) is 1. The van der Waals surface area contributed by atoms with Crippen LogP contribution in [-0.2, 0) is 16.1 Å². The number of carboxylic acids is 1. The zero-order chi connectivity index (χ0) is 13.1. The zero-order valence-corrected chi connectivity index (χ0v) is 10.5. The van der Waals surface area contributed by atoms with Gasteiger partial charge in [0.05, 0.1) is 17.1 Å². The standard InChI is InChI=1S/C11H14ClN3O3/c12-9-5-13-15(6-9)7-10(16)14-3-1-8(2-4-14)11(17)18/h5-6,8H,1-4,7H2,(H,17,18). The summed E-state index contributed by atoms with van der Waals surface area (Å²) in [5, 5.41) is 13.3. The SMILES string of the molecule is O=C(O)C1CCN(C(=O)Cn2cc(Cl)cn2)CC1. The number of aromatic nitrogens is 2. The van der Waals surface area contributed by atoms with Crippen molar-refractivity contribution < 1.29 is 14.7 Å². The Labute approximate surface area is 109 Å². The van der Waals surface area contributed by atoms with Crippen molar-refractivity contribution in [2.45, 2.75) is 19.4 Å². The van der Waals surface area contributed by atoms with Crippen LogP contribution in [0.4, 0.5) is 0 Å². The summed E-state index contributed by atoms with van der Waals surface area (Å²) in [6.45, 7) is 1.13. The molecule has 0 saturated carbocycles. The second-order valence-electron chi connectivity index (χ2n) is 4.35. The number of aliphatic carboxylic acids is 1. The van der Waals surface area contributed by atoms with Gasteiger partial charge in [-0.1, -0.05) is 11.6 Å². The monoisotopic (exact) mass is 271 g/mol. The summed E-state index contributed by atoms with van der Waals surface area (Å²) in [4.78, 5) is 24.4. The van der Waals surface area contributed by atoms with Crippen molar-refractivity contribution in [1.29, 1.82) is 0 Å². The van der Waals surface area contributed by atoms with Crippen molar-refractivity contribution in [2.24, 2.45) is 5.92 Å². The van der Waals surface area contributed by atoms with Gasteiger partial charge in [-0.2, -0.15) is 5.10 Å². The van der Waals surface area contributed by atoms with E-state index in [1.54, 1.807) is 11.1 Å². The second-order valence-corrected chi connectivity index (χ2v) is 4.79. The van der Waals surface area contributed by atoms with Gasteiger partial charge in [0, 0.05) is 19.3 Å². The highest BCUT2D eigenvalue weighted by Crippen LogP contribution is 2.17. The first kappa shape index (κ1) is 12.9. The lowest BCUT2D eigenvalue weighted by Gasteiger charge is -2.30. The Morgan fingerprint density at radius 1 is 1.44 bits per heavy atom. The minimum absolute atomic E-state index is 0.0568. The Bertz CT molecular complexity index is 452. The molecule has 0 aromatic carbocycles. The number of rotatable bonds is 3. The highest BCUT2D eigenvalue weighted by atomic mass is 35.5. The minimum atomic E-state index is -0.777. The van der Waals surface area contributed by atoms with Crippen LogP contribution in [-0.4, -0.2) is 44.8 Å². The molecule has 0 unspecified atom stereocenters. The lowest BCUT2D eigenvalue weighted by Crippen LogP contribution is -2.41. The predicted molar refractivity (Wildman–Crippen MR) is 64.2 cm³/mol. The van der Waals surface area contributed by atoms with E-state index in [0.717, 1.165) is 0 Å². The van der Waals surface area contributed by atoms with Gasteiger partial charge in [-0.05, 0) is 12.8 Å². The molecular weight excluding hydrogens is 258 g/mol. The number of nitrogens with zero attached hydrogens (tertiary/aromatic N) is 3. The van der Waals surface area contributed by atoms with Gasteiger partial charge in [0.15, 0.2) is 0 Å². The van der Waals surface area contributed by atoms with E-state index in [2.05, 4.69) is 5.10 Å². The Morgan fingerprint density at radius 3 is 2.61 bits per heavy atom. The van der Waals surface area contributed by atoms with Crippen molar-refractivity contribution in [1.82, 2.24) is 14.7 Å². The van der Waals surface area contributed by atoms with E-state index < -0.39 is 5.97 Å². The maximum atomic E-state index is 11.9. The highest BCUT2D eigenvalue weighted by molar-refractivity contribution is 6.30. The molecule has 1 aromatic heterocycles. The Balaban J connectivity index is 1.86. The molecule has 1 N–H and O–H groups in total. The first-order chi connectivity index (χ1) is 8.56. The predicted octanol–water partition coefficient (Wildman–Crippen LogP) is 0.860. The first-order valence-corrected chi connectivity index (χ1v) is 6.12. The molecule has 18 heavy (non-hydrogen) atoms. The summed E-state index contributed by atoms with van der Waals surface area (Å²) in [7, 11) is 0. The van der Waals surface area contributed by atoms with Crippen LogP contribution in [0.25, 0.3) is 0 Å². The largest absolute Gasteiger partial charge is 0.481 e. The fraction of sp³-hybridized carbons (Fsp3) is 0.545. The van der Waals surface area contributed by atoms with E-state index in [1.807, 2.05) is 0 Å². The van der Waals surface area contributed by atoms with Crippen LogP contribution in [0.15, 0.2) is 12.4 Å². The third-order valence-corrected chi connectivity index (χ3v) is 3.29. The summed E-state index contributed by atoms with van der Waals surface area (Å²) >= 11 is 5.71. The molecule has 1 aliphatic heterocycles. The van der Waals surface area contributed by atoms with Gasteiger partial charge in [-0.25, -0.2) is 0 Å². The van der Waals surface area contributed by atoms with Gasteiger partial charge in [0.1, 0.15) is 6.54 Å². The summed E-state index contributed by atoms with van der Waals surface area (Å²) < 4.78 is 1.48. The van der Waals surface area contributed by atoms with Gasteiger partial charge < -0.3 is 10.0 Å². The number of amides is 1. The molecule has 98 valence electrons. The Morgan fingerprint density at radius 2 is 2.11 bits per heavy atom. The number of likely N-dealkylation sites (tertiary alicyclic amines) is 1. The molecule has 0 radical (unpaired) electrons. The molecular formula is C11H14ClN3O3. The van der Waals surface area contributed by atoms with Crippen LogP contribution >= 0.6 is 11.6 Å². The molecule has 2 rings (SSSR count). The minimum Gasteiger partial charge on any atom is -0.481 e. The van der Waals surface area contributed by atoms with Crippen LogP contribution < -0.4 is 0 Å². The highest BCUT2D eigenvalue weighted by Gasteiger charge is 2.26. The summed E-state index contributed by atoms with van der Waals surface area (Å²) in [5.41, 5.74) is 0. The van der Waals surface area contributed by atoms with Crippen LogP contribution in [0, 0.1) is 5.92 Å². The number of carbonyl (C=O) groups excluding carboxylic acids is 1. The average molecular weight is 272 g/mol. The molecule has 2 heterocycles. The average Bonchev–Trinajstić information content (AvgIpc) is 2.75. The summed E-state index contributed by atoms with van der Waals surface area (Å²) in [6.07, 6.45) is 4.09. The van der Waals surface area contributed by atoms with E-state index in [1.165, 1.54) is 10.9 Å². The number of carbonyl (C=O) groups is 2. The Hall–Kier alpha value is -1.56. The molecule has 6 nitrogen and oxygen atoms in total. The van der Waals surface area contributed by atoms with Gasteiger partial charge in [0.25, 0.3) is 0 Å². The quantitative estimate of drug-likeness (QED) is 0.885. The van der Waals surface area contributed by atoms with Gasteiger partial charge in [-0.3, -0.25) is 14.3 Å². The summed E-state index contributed by atoms with van der Waals surface area (Å²) in [5.74, 6) is -1.16. The van der Waals surface area contributed by atoms with E-state index >= 15 is 0 Å². The molecule has 7 heteroatoms. The molecule has 0 aliphatic carbocycles. The normalized spacial score (nSPS) is 16.8. The van der Waals surface area contributed by atoms with Crippen molar-refractivity contribution in [3.05, 3.63) is 17.4 Å². The maximum absolute atomic E-state index is 11.9. The lowest BCUT2D eigenvalue weighted by molar-refractivity contribution is -0.145. The molecule has 1 amide bonds. The van der Waals surface area contributed by atoms with Crippen LogP contribution in [0.3, 0.4) is 0 Å². The Kier molecular flexibility index (Phi) is 3.86. The van der Waals surface area contributed by atoms with Crippen molar-refractivity contribution in [3.8, 4) is 0 Å². The fourth-order valence-corrected chi connectivity index (χ4v) is 2.20. The van der Waals surface area contributed by atoms with E-state index in [-0.39, 0.29) is 18.4 Å². The van der Waals surface area contributed by atoms with Crippen LogP contribution in [0.2, 0.25) is 5.02 Å². The van der Waals surface area contributed by atoms with Crippen LogP contribution in [0.1, 0.15) is 12.8 Å². The third kappa shape index (κ3) is 3.01. The molecule has 1 saturated heterocycles. The molecule has 0 atom stereocenters. The van der Waals surface area contributed by atoms with Gasteiger partial charge in [0.2, 0.25) is 5.91 Å². The topological polar surface area (TPSA) is 75.4 Å². The number of hydrogen-bond donors (Lipinski definition) is 1. The molecule has 1 aliphatic rings. The van der Waals surface area contributed by atoms with E-state index in [9.17, 15) is 9.59 Å². The van der Waals surface area contributed by atoms with Gasteiger partial charge in [-0.15, -0.1) is 0 Å². The van der Waals surface area contributed by atoms with Crippen molar-refractivity contribution in [3.63, 3.8) is 0 Å². The van der Waals surface area contributed by atoms with Crippen molar-refractivity contribution in [2.75, 3.05) is 13.1 Å². The number of piperidine rings is 1. The summed E-state index contributed by atoms with van der Waals surface area (Å²) in [6, 6.07) is 0. The maximum Gasteiger partial charge on any atom is 0.306 e. The lowest BCUT2D eigenvalue weighted by atomic mass is 9.97. The molecule has 0 bridgehead atoms. The smallest absolute Gasteiger partial charge is 0.306 e. The van der Waals surface area contributed by atoms with E-state index in [4.69, 9.17) is 16.7 Å². The zero-order valence-electron chi connectivity index (χ0n) is 9.75. The number of halogens is 1. The molecule has 0 spiro atoms.